The summed E-state index contributed by atoms with van der Waals surface area (Å²) in [6, 6.07) is 16.8. The predicted molar refractivity (Wildman–Crippen MR) is 72.9 cm³/mol. The van der Waals surface area contributed by atoms with Crippen LogP contribution in [0.25, 0.3) is 0 Å². The molecular formula is C15H17FN2. The Morgan fingerprint density at radius 3 is 2.28 bits per heavy atom. The van der Waals surface area contributed by atoms with Gasteiger partial charge < -0.3 is 10.6 Å². The molecule has 0 aliphatic carbocycles. The maximum atomic E-state index is 13.6. The molecule has 0 aliphatic rings. The Labute approximate surface area is 107 Å². The lowest BCUT2D eigenvalue weighted by Gasteiger charge is -2.24. The lowest BCUT2D eigenvalue weighted by molar-refractivity contribution is 0.604. The fourth-order valence-electron chi connectivity index (χ4n) is 1.93. The van der Waals surface area contributed by atoms with Crippen molar-refractivity contribution in [3.63, 3.8) is 0 Å². The molecule has 0 amide bonds. The number of hydrogen-bond acceptors (Lipinski definition) is 2. The molecule has 0 heterocycles. The Hall–Kier alpha value is -1.87. The molecule has 0 atom stereocenters. The van der Waals surface area contributed by atoms with Crippen LogP contribution >= 0.6 is 0 Å². The van der Waals surface area contributed by atoms with Gasteiger partial charge in [-0.05, 0) is 18.2 Å². The van der Waals surface area contributed by atoms with Crippen LogP contribution in [0.3, 0.4) is 0 Å². The Balaban J connectivity index is 2.19. The number of hydrogen-bond donors (Lipinski definition) is 1. The number of benzene rings is 2. The van der Waals surface area contributed by atoms with Gasteiger partial charge in [0, 0.05) is 30.9 Å². The second-order valence-electron chi connectivity index (χ2n) is 4.14. The van der Waals surface area contributed by atoms with Crippen LogP contribution in [-0.4, -0.2) is 13.1 Å². The molecule has 18 heavy (non-hydrogen) atoms. The smallest absolute Gasteiger partial charge is 0.128 e. The van der Waals surface area contributed by atoms with E-state index in [9.17, 15) is 4.39 Å². The summed E-state index contributed by atoms with van der Waals surface area (Å²) in [7, 11) is 0. The van der Waals surface area contributed by atoms with E-state index in [1.54, 1.807) is 6.07 Å². The van der Waals surface area contributed by atoms with Crippen molar-refractivity contribution in [1.82, 2.24) is 0 Å². The maximum absolute atomic E-state index is 13.6. The molecule has 0 fully saturated rings. The first-order chi connectivity index (χ1) is 8.81. The van der Waals surface area contributed by atoms with Crippen LogP contribution in [0.5, 0.6) is 0 Å². The van der Waals surface area contributed by atoms with Crippen molar-refractivity contribution in [2.24, 2.45) is 5.73 Å². The average Bonchev–Trinajstić information content (AvgIpc) is 2.42. The summed E-state index contributed by atoms with van der Waals surface area (Å²) in [6.07, 6.45) is 0. The summed E-state index contributed by atoms with van der Waals surface area (Å²) in [4.78, 5) is 2.08. The van der Waals surface area contributed by atoms with E-state index in [-0.39, 0.29) is 5.82 Å². The third-order valence-electron chi connectivity index (χ3n) is 2.84. The molecule has 2 aromatic rings. The maximum Gasteiger partial charge on any atom is 0.128 e. The van der Waals surface area contributed by atoms with Crippen molar-refractivity contribution >= 4 is 5.69 Å². The fraction of sp³-hybridized carbons (Fsp3) is 0.200. The van der Waals surface area contributed by atoms with Crippen molar-refractivity contribution in [1.29, 1.82) is 0 Å². The van der Waals surface area contributed by atoms with Crippen molar-refractivity contribution in [3.05, 3.63) is 66.0 Å². The highest BCUT2D eigenvalue weighted by Crippen LogP contribution is 2.17. The summed E-state index contributed by atoms with van der Waals surface area (Å²) in [6.45, 7) is 1.79. The predicted octanol–water partition coefficient (Wildman–Crippen LogP) is 2.79. The van der Waals surface area contributed by atoms with E-state index in [0.29, 0.717) is 25.2 Å². The highest BCUT2D eigenvalue weighted by molar-refractivity contribution is 5.46. The van der Waals surface area contributed by atoms with Gasteiger partial charge in [0.05, 0.1) is 0 Å². The monoisotopic (exact) mass is 244 g/mol. The molecule has 2 N–H and O–H groups in total. The normalized spacial score (nSPS) is 10.3. The Kier molecular flexibility index (Phi) is 4.31. The van der Waals surface area contributed by atoms with Gasteiger partial charge in [0.1, 0.15) is 5.82 Å². The van der Waals surface area contributed by atoms with E-state index < -0.39 is 0 Å². The standard InChI is InChI=1S/C15H17FN2/c16-15-9-5-4-6-13(15)12-18(11-10-17)14-7-2-1-3-8-14/h1-9H,10-12,17H2. The van der Waals surface area contributed by atoms with Gasteiger partial charge in [0.15, 0.2) is 0 Å². The number of rotatable bonds is 5. The highest BCUT2D eigenvalue weighted by Gasteiger charge is 2.08. The van der Waals surface area contributed by atoms with Gasteiger partial charge >= 0.3 is 0 Å². The third kappa shape index (κ3) is 3.08. The van der Waals surface area contributed by atoms with Crippen LogP contribution in [0.4, 0.5) is 10.1 Å². The molecule has 0 aliphatic heterocycles. The minimum Gasteiger partial charge on any atom is -0.366 e. The molecule has 3 heteroatoms. The lowest BCUT2D eigenvalue weighted by atomic mass is 10.2. The van der Waals surface area contributed by atoms with Crippen molar-refractivity contribution in [3.8, 4) is 0 Å². The third-order valence-corrected chi connectivity index (χ3v) is 2.84. The molecule has 2 aromatic carbocycles. The Morgan fingerprint density at radius 1 is 0.944 bits per heavy atom. The molecule has 0 radical (unpaired) electrons. The molecule has 0 aromatic heterocycles. The second kappa shape index (κ2) is 6.17. The molecule has 94 valence electrons. The quantitative estimate of drug-likeness (QED) is 0.876. The van der Waals surface area contributed by atoms with Crippen molar-refractivity contribution < 1.29 is 4.39 Å². The highest BCUT2D eigenvalue weighted by atomic mass is 19.1. The largest absolute Gasteiger partial charge is 0.366 e. The number of anilines is 1. The van der Waals surface area contributed by atoms with Gasteiger partial charge in [-0.15, -0.1) is 0 Å². The number of para-hydroxylation sites is 1. The van der Waals surface area contributed by atoms with Crippen molar-refractivity contribution in [2.45, 2.75) is 6.54 Å². The van der Waals surface area contributed by atoms with Gasteiger partial charge in [-0.1, -0.05) is 36.4 Å². The van der Waals surface area contributed by atoms with Crippen LogP contribution in [0.15, 0.2) is 54.6 Å². The van der Waals surface area contributed by atoms with E-state index in [4.69, 9.17) is 5.73 Å². The fourth-order valence-corrected chi connectivity index (χ4v) is 1.93. The lowest BCUT2D eigenvalue weighted by Crippen LogP contribution is -2.29. The molecule has 2 nitrogen and oxygen atoms in total. The topological polar surface area (TPSA) is 29.3 Å². The van der Waals surface area contributed by atoms with E-state index in [0.717, 1.165) is 5.69 Å². The molecule has 0 saturated heterocycles. The van der Waals surface area contributed by atoms with Gasteiger partial charge in [-0.3, -0.25) is 0 Å². The second-order valence-corrected chi connectivity index (χ2v) is 4.14. The summed E-state index contributed by atoms with van der Waals surface area (Å²) in [5.41, 5.74) is 7.37. The van der Waals surface area contributed by atoms with E-state index in [2.05, 4.69) is 4.90 Å². The van der Waals surface area contributed by atoms with E-state index in [1.165, 1.54) is 6.07 Å². The van der Waals surface area contributed by atoms with E-state index >= 15 is 0 Å². The minimum atomic E-state index is -0.171. The van der Waals surface area contributed by atoms with Crippen LogP contribution in [0.1, 0.15) is 5.56 Å². The van der Waals surface area contributed by atoms with Crippen LogP contribution in [0, 0.1) is 5.82 Å². The zero-order valence-corrected chi connectivity index (χ0v) is 10.2. The average molecular weight is 244 g/mol. The summed E-state index contributed by atoms with van der Waals surface area (Å²) >= 11 is 0. The first kappa shape index (κ1) is 12.6. The van der Waals surface area contributed by atoms with Gasteiger partial charge in [-0.25, -0.2) is 4.39 Å². The molecule has 0 unspecified atom stereocenters. The summed E-state index contributed by atoms with van der Waals surface area (Å²) < 4.78 is 13.6. The van der Waals surface area contributed by atoms with Gasteiger partial charge in [0.25, 0.3) is 0 Å². The van der Waals surface area contributed by atoms with Crippen LogP contribution in [-0.2, 0) is 6.54 Å². The number of halogens is 1. The molecule has 0 bridgehead atoms. The molecule has 0 saturated carbocycles. The first-order valence-corrected chi connectivity index (χ1v) is 6.04. The Bertz CT molecular complexity index is 485. The molecular weight excluding hydrogens is 227 g/mol. The number of nitrogens with zero attached hydrogens (tertiary/aromatic N) is 1. The summed E-state index contributed by atoms with van der Waals surface area (Å²) in [5.74, 6) is -0.171. The van der Waals surface area contributed by atoms with Crippen molar-refractivity contribution in [2.75, 3.05) is 18.0 Å². The zero-order chi connectivity index (χ0) is 12.8. The number of nitrogens with two attached hydrogens (primary N) is 1. The van der Waals surface area contributed by atoms with Gasteiger partial charge in [-0.2, -0.15) is 0 Å². The summed E-state index contributed by atoms with van der Waals surface area (Å²) in [5, 5.41) is 0. The Morgan fingerprint density at radius 2 is 1.61 bits per heavy atom. The minimum absolute atomic E-state index is 0.171. The molecule has 2 rings (SSSR count). The SMILES string of the molecule is NCCN(Cc1ccccc1F)c1ccccc1. The van der Waals surface area contributed by atoms with Gasteiger partial charge in [0.2, 0.25) is 0 Å². The van der Waals surface area contributed by atoms with Crippen LogP contribution < -0.4 is 10.6 Å². The molecule has 0 spiro atoms. The first-order valence-electron chi connectivity index (χ1n) is 6.04. The van der Waals surface area contributed by atoms with E-state index in [1.807, 2.05) is 42.5 Å². The zero-order valence-electron chi connectivity index (χ0n) is 10.2. The van der Waals surface area contributed by atoms with Crippen LogP contribution in [0.2, 0.25) is 0 Å².